The highest BCUT2D eigenvalue weighted by Gasteiger charge is 2.32. The summed E-state index contributed by atoms with van der Waals surface area (Å²) in [5.74, 6) is -0.352. The Labute approximate surface area is 192 Å². The van der Waals surface area contributed by atoms with Gasteiger partial charge in [-0.3, -0.25) is 4.90 Å². The van der Waals surface area contributed by atoms with E-state index in [-0.39, 0.29) is 11.9 Å². The first-order valence-corrected chi connectivity index (χ1v) is 13.0. The standard InChI is InChI=1S/C26H51NO4/c1-6-8-10-12-14-16-18-20-22-31-26(29)27(5)24(23(3)4)25(28)30-21-19-17-15-13-11-9-7-2/h23-24H,6-22H2,1-5H3. The van der Waals surface area contributed by atoms with Crippen molar-refractivity contribution in [1.82, 2.24) is 4.90 Å². The van der Waals surface area contributed by atoms with Crippen molar-refractivity contribution in [3.05, 3.63) is 0 Å². The second-order valence-electron chi connectivity index (χ2n) is 9.18. The Kier molecular flexibility index (Phi) is 19.8. The molecule has 0 bridgehead atoms. The van der Waals surface area contributed by atoms with Crippen LogP contribution in [0, 0.1) is 5.92 Å². The molecule has 1 atom stereocenters. The lowest BCUT2D eigenvalue weighted by molar-refractivity contribution is -0.150. The number of unbranched alkanes of at least 4 members (excludes halogenated alkanes) is 13. The Morgan fingerprint density at radius 2 is 1.03 bits per heavy atom. The molecule has 0 radical (unpaired) electrons. The molecule has 0 aliphatic carbocycles. The van der Waals surface area contributed by atoms with E-state index in [0.29, 0.717) is 13.2 Å². The number of likely N-dealkylation sites (N-methyl/N-ethyl adjacent to an activating group) is 1. The molecule has 0 saturated heterocycles. The van der Waals surface area contributed by atoms with E-state index >= 15 is 0 Å². The van der Waals surface area contributed by atoms with Gasteiger partial charge >= 0.3 is 12.1 Å². The van der Waals surface area contributed by atoms with Crippen LogP contribution >= 0.6 is 0 Å². The molecule has 0 aliphatic rings. The van der Waals surface area contributed by atoms with Crippen molar-refractivity contribution in [2.45, 2.75) is 130 Å². The number of amides is 1. The van der Waals surface area contributed by atoms with Gasteiger partial charge in [-0.05, 0) is 18.8 Å². The second-order valence-corrected chi connectivity index (χ2v) is 9.18. The van der Waals surface area contributed by atoms with Crippen LogP contribution in [0.1, 0.15) is 124 Å². The Balaban J connectivity index is 4.05. The third-order valence-electron chi connectivity index (χ3n) is 5.79. The van der Waals surface area contributed by atoms with Crippen LogP contribution in [0.15, 0.2) is 0 Å². The molecule has 31 heavy (non-hydrogen) atoms. The van der Waals surface area contributed by atoms with E-state index < -0.39 is 12.1 Å². The Morgan fingerprint density at radius 1 is 0.645 bits per heavy atom. The van der Waals surface area contributed by atoms with Gasteiger partial charge in [-0.25, -0.2) is 9.59 Å². The summed E-state index contributed by atoms with van der Waals surface area (Å²) in [6.07, 6.45) is 17.4. The molecule has 184 valence electrons. The molecular weight excluding hydrogens is 390 g/mol. The minimum Gasteiger partial charge on any atom is -0.464 e. The summed E-state index contributed by atoms with van der Waals surface area (Å²) >= 11 is 0. The van der Waals surface area contributed by atoms with Crippen molar-refractivity contribution in [3.63, 3.8) is 0 Å². The molecule has 0 aliphatic heterocycles. The van der Waals surface area contributed by atoms with E-state index in [9.17, 15) is 9.59 Å². The van der Waals surface area contributed by atoms with Gasteiger partial charge in [-0.15, -0.1) is 0 Å². The number of esters is 1. The fraction of sp³-hybridized carbons (Fsp3) is 0.923. The molecule has 5 nitrogen and oxygen atoms in total. The zero-order chi connectivity index (χ0) is 23.3. The van der Waals surface area contributed by atoms with Crippen molar-refractivity contribution in [2.24, 2.45) is 5.92 Å². The summed E-state index contributed by atoms with van der Waals surface area (Å²) < 4.78 is 10.9. The largest absolute Gasteiger partial charge is 0.464 e. The van der Waals surface area contributed by atoms with Crippen LogP contribution in [0.4, 0.5) is 4.79 Å². The lowest BCUT2D eigenvalue weighted by atomic mass is 10.0. The highest BCUT2D eigenvalue weighted by molar-refractivity contribution is 5.81. The van der Waals surface area contributed by atoms with Gasteiger partial charge in [0, 0.05) is 7.05 Å². The topological polar surface area (TPSA) is 55.8 Å². The van der Waals surface area contributed by atoms with Crippen LogP contribution in [-0.4, -0.2) is 43.3 Å². The van der Waals surface area contributed by atoms with Crippen molar-refractivity contribution in [1.29, 1.82) is 0 Å². The van der Waals surface area contributed by atoms with Crippen molar-refractivity contribution in [3.8, 4) is 0 Å². The normalized spacial score (nSPS) is 12.1. The number of ether oxygens (including phenoxy) is 2. The quantitative estimate of drug-likeness (QED) is 0.145. The number of rotatable bonds is 20. The number of nitrogens with zero attached hydrogens (tertiary/aromatic N) is 1. The Bertz CT molecular complexity index is 439. The average Bonchev–Trinajstić information content (AvgIpc) is 2.74. The monoisotopic (exact) mass is 441 g/mol. The van der Waals surface area contributed by atoms with Gasteiger partial charge in [0.2, 0.25) is 0 Å². The first-order valence-electron chi connectivity index (χ1n) is 13.0. The predicted molar refractivity (Wildman–Crippen MR) is 129 cm³/mol. The molecule has 1 unspecified atom stereocenters. The highest BCUT2D eigenvalue weighted by atomic mass is 16.6. The van der Waals surface area contributed by atoms with Gasteiger partial charge in [0.05, 0.1) is 13.2 Å². The molecule has 0 aromatic heterocycles. The van der Waals surface area contributed by atoms with Crippen molar-refractivity contribution in [2.75, 3.05) is 20.3 Å². The molecule has 0 spiro atoms. The molecule has 1 amide bonds. The number of carbonyl (C=O) groups excluding carboxylic acids is 2. The molecule has 0 saturated carbocycles. The smallest absolute Gasteiger partial charge is 0.410 e. The van der Waals surface area contributed by atoms with Crippen LogP contribution < -0.4 is 0 Å². The maximum absolute atomic E-state index is 12.6. The van der Waals surface area contributed by atoms with Gasteiger partial charge in [0.25, 0.3) is 0 Å². The maximum Gasteiger partial charge on any atom is 0.410 e. The van der Waals surface area contributed by atoms with Gasteiger partial charge in [0.1, 0.15) is 6.04 Å². The molecule has 0 aromatic carbocycles. The molecular formula is C26H51NO4. The maximum atomic E-state index is 12.6. The van der Waals surface area contributed by atoms with E-state index in [1.54, 1.807) is 7.05 Å². The molecule has 0 rings (SSSR count). The van der Waals surface area contributed by atoms with Crippen LogP contribution in [0.2, 0.25) is 0 Å². The summed E-state index contributed by atoms with van der Waals surface area (Å²) in [4.78, 5) is 26.4. The van der Waals surface area contributed by atoms with Crippen molar-refractivity contribution >= 4 is 12.1 Å². The van der Waals surface area contributed by atoms with E-state index in [1.165, 1.54) is 75.5 Å². The highest BCUT2D eigenvalue weighted by Crippen LogP contribution is 2.14. The van der Waals surface area contributed by atoms with Gasteiger partial charge in [-0.2, -0.15) is 0 Å². The molecule has 0 heterocycles. The van der Waals surface area contributed by atoms with Crippen LogP contribution in [0.25, 0.3) is 0 Å². The minimum absolute atomic E-state index is 0.0257. The summed E-state index contributed by atoms with van der Waals surface area (Å²) in [5.41, 5.74) is 0. The predicted octanol–water partition coefficient (Wildman–Crippen LogP) is 7.51. The van der Waals surface area contributed by atoms with Crippen LogP contribution in [0.3, 0.4) is 0 Å². The first kappa shape index (κ1) is 29.7. The van der Waals surface area contributed by atoms with E-state index in [0.717, 1.165) is 25.7 Å². The van der Waals surface area contributed by atoms with Crippen molar-refractivity contribution < 1.29 is 19.1 Å². The van der Waals surface area contributed by atoms with E-state index in [2.05, 4.69) is 13.8 Å². The van der Waals surface area contributed by atoms with E-state index in [4.69, 9.17) is 9.47 Å². The third kappa shape index (κ3) is 16.1. The summed E-state index contributed by atoms with van der Waals surface area (Å²) in [5, 5.41) is 0. The zero-order valence-electron chi connectivity index (χ0n) is 21.3. The average molecular weight is 442 g/mol. The number of hydrogen-bond donors (Lipinski definition) is 0. The summed E-state index contributed by atoms with van der Waals surface area (Å²) in [6.45, 7) is 9.15. The van der Waals surface area contributed by atoms with Gasteiger partial charge in [-0.1, -0.05) is 111 Å². The Morgan fingerprint density at radius 3 is 1.45 bits per heavy atom. The minimum atomic E-state index is -0.601. The SMILES string of the molecule is CCCCCCCCCCOC(=O)N(C)C(C(=O)OCCCCCCCCC)C(C)C. The fourth-order valence-electron chi connectivity index (χ4n) is 3.81. The van der Waals surface area contributed by atoms with Gasteiger partial charge < -0.3 is 9.47 Å². The van der Waals surface area contributed by atoms with E-state index in [1.807, 2.05) is 13.8 Å². The summed E-state index contributed by atoms with van der Waals surface area (Å²) in [6, 6.07) is -0.601. The van der Waals surface area contributed by atoms with Crippen LogP contribution in [0.5, 0.6) is 0 Å². The Hall–Kier alpha value is -1.26. The molecule has 0 N–H and O–H groups in total. The summed E-state index contributed by atoms with van der Waals surface area (Å²) in [7, 11) is 1.63. The number of carbonyl (C=O) groups is 2. The fourth-order valence-corrected chi connectivity index (χ4v) is 3.81. The third-order valence-corrected chi connectivity index (χ3v) is 5.79. The number of hydrogen-bond acceptors (Lipinski definition) is 4. The van der Waals surface area contributed by atoms with Crippen LogP contribution in [-0.2, 0) is 14.3 Å². The second kappa shape index (κ2) is 20.6. The molecule has 5 heteroatoms. The zero-order valence-corrected chi connectivity index (χ0v) is 21.3. The first-order chi connectivity index (χ1) is 15.0. The lowest BCUT2D eigenvalue weighted by Gasteiger charge is -2.28. The molecule has 0 aromatic rings. The lowest BCUT2D eigenvalue weighted by Crippen LogP contribution is -2.46. The molecule has 0 fully saturated rings. The van der Waals surface area contributed by atoms with Gasteiger partial charge in [0.15, 0.2) is 0 Å².